The summed E-state index contributed by atoms with van der Waals surface area (Å²) in [6.45, 7) is 0.373. The number of methoxy groups -OCH3 is 1. The number of aromatic nitrogens is 4. The molecular formula is C19H18ClN7O2. The number of ether oxygens (including phenoxy) is 1. The van der Waals surface area contributed by atoms with Crippen LogP contribution in [0.2, 0.25) is 5.02 Å². The fourth-order valence-corrected chi connectivity index (χ4v) is 2.45. The number of halogens is 1. The van der Waals surface area contributed by atoms with Gasteiger partial charge in [0.1, 0.15) is 17.5 Å². The highest BCUT2D eigenvalue weighted by Crippen LogP contribution is 2.17. The lowest BCUT2D eigenvalue weighted by atomic mass is 10.3. The molecule has 4 N–H and O–H groups in total. The van der Waals surface area contributed by atoms with E-state index < -0.39 is 5.97 Å². The number of nitrogens with zero attached hydrogens (tertiary/aromatic N) is 4. The zero-order valence-corrected chi connectivity index (χ0v) is 16.2. The molecule has 0 fully saturated rings. The molecule has 0 saturated carbocycles. The van der Waals surface area contributed by atoms with Gasteiger partial charge >= 0.3 is 5.97 Å². The van der Waals surface area contributed by atoms with Crippen molar-refractivity contribution in [3.8, 4) is 0 Å². The van der Waals surface area contributed by atoms with Crippen molar-refractivity contribution in [2.24, 2.45) is 10.7 Å². The van der Waals surface area contributed by atoms with Crippen molar-refractivity contribution in [3.05, 3.63) is 70.9 Å². The standard InChI is InChI=1S/C19H18ClN7O2/c1-29-19(28)12-5-7-16(22-10-12)23-11-18-25-17(26-27-18)8-6-15(21)24-14-4-2-3-13(20)9-14/h2-10H,11H2,1H3,(H2,21,24)(H,22,23)(H,25,26,27)/b8-6-. The van der Waals surface area contributed by atoms with Crippen LogP contribution in [-0.4, -0.2) is 39.1 Å². The van der Waals surface area contributed by atoms with E-state index in [4.69, 9.17) is 17.3 Å². The summed E-state index contributed by atoms with van der Waals surface area (Å²) in [4.78, 5) is 24.1. The highest BCUT2D eigenvalue weighted by molar-refractivity contribution is 6.30. The predicted octanol–water partition coefficient (Wildman–Crippen LogP) is 2.95. The Balaban J connectivity index is 1.56. The van der Waals surface area contributed by atoms with Crippen LogP contribution >= 0.6 is 11.6 Å². The van der Waals surface area contributed by atoms with Gasteiger partial charge in [0.25, 0.3) is 0 Å². The monoisotopic (exact) mass is 411 g/mol. The number of nitrogens with one attached hydrogen (secondary N) is 2. The Bertz CT molecular complexity index is 1040. The molecule has 2 aromatic heterocycles. The molecule has 10 heteroatoms. The lowest BCUT2D eigenvalue weighted by Gasteiger charge is -2.03. The second-order valence-corrected chi connectivity index (χ2v) is 6.20. The molecule has 1 aromatic carbocycles. The fourth-order valence-electron chi connectivity index (χ4n) is 2.27. The number of hydrogen-bond donors (Lipinski definition) is 3. The first kappa shape index (κ1) is 20.0. The van der Waals surface area contributed by atoms with Crippen molar-refractivity contribution in [1.29, 1.82) is 0 Å². The number of pyridine rings is 1. The average molecular weight is 412 g/mol. The highest BCUT2D eigenvalue weighted by atomic mass is 35.5. The van der Waals surface area contributed by atoms with Crippen LogP contribution in [0.3, 0.4) is 0 Å². The van der Waals surface area contributed by atoms with Crippen molar-refractivity contribution in [3.63, 3.8) is 0 Å². The minimum atomic E-state index is -0.436. The SMILES string of the molecule is COC(=O)c1ccc(NCc2nc(/C=C\C(N)=Nc3cccc(Cl)c3)n[nH]2)nc1. The minimum Gasteiger partial charge on any atom is -0.465 e. The normalized spacial score (nSPS) is 11.6. The van der Waals surface area contributed by atoms with E-state index in [1.165, 1.54) is 13.3 Å². The van der Waals surface area contributed by atoms with Crippen molar-refractivity contribution >= 4 is 41.0 Å². The van der Waals surface area contributed by atoms with Crippen molar-refractivity contribution in [2.75, 3.05) is 12.4 Å². The largest absolute Gasteiger partial charge is 0.465 e. The number of carbonyl (C=O) groups is 1. The maximum absolute atomic E-state index is 11.4. The summed E-state index contributed by atoms with van der Waals surface area (Å²) >= 11 is 5.92. The quantitative estimate of drug-likeness (QED) is 0.309. The average Bonchev–Trinajstić information content (AvgIpc) is 3.18. The van der Waals surface area contributed by atoms with E-state index in [0.717, 1.165) is 0 Å². The first-order valence-electron chi connectivity index (χ1n) is 8.51. The summed E-state index contributed by atoms with van der Waals surface area (Å²) in [7, 11) is 1.32. The molecule has 148 valence electrons. The molecule has 9 nitrogen and oxygen atoms in total. The van der Waals surface area contributed by atoms with Crippen molar-refractivity contribution < 1.29 is 9.53 Å². The Morgan fingerprint density at radius 2 is 2.24 bits per heavy atom. The van der Waals surface area contributed by atoms with Gasteiger partial charge in [-0.1, -0.05) is 17.7 Å². The van der Waals surface area contributed by atoms with Gasteiger partial charge in [-0.3, -0.25) is 5.10 Å². The van der Waals surface area contributed by atoms with Gasteiger partial charge in [0.2, 0.25) is 0 Å². The number of esters is 1. The van der Waals surface area contributed by atoms with Gasteiger partial charge in [0.05, 0.1) is 24.9 Å². The Labute approximate surface area is 171 Å². The molecule has 0 aliphatic rings. The van der Waals surface area contributed by atoms with E-state index in [0.29, 0.717) is 46.1 Å². The van der Waals surface area contributed by atoms with Crippen LogP contribution in [0.4, 0.5) is 11.5 Å². The number of aromatic amines is 1. The van der Waals surface area contributed by atoms with E-state index in [2.05, 4.69) is 35.2 Å². The van der Waals surface area contributed by atoms with E-state index in [9.17, 15) is 4.79 Å². The number of rotatable bonds is 7. The van der Waals surface area contributed by atoms with Crippen molar-refractivity contribution in [2.45, 2.75) is 6.54 Å². The molecule has 3 aromatic rings. The molecule has 0 aliphatic carbocycles. The van der Waals surface area contributed by atoms with E-state index in [1.54, 1.807) is 48.6 Å². The van der Waals surface area contributed by atoms with Crippen molar-refractivity contribution in [1.82, 2.24) is 20.2 Å². The van der Waals surface area contributed by atoms with Gasteiger partial charge in [0, 0.05) is 11.2 Å². The van der Waals surface area contributed by atoms with Crippen LogP contribution in [-0.2, 0) is 11.3 Å². The number of nitrogens with two attached hydrogens (primary N) is 1. The summed E-state index contributed by atoms with van der Waals surface area (Å²) in [6.07, 6.45) is 4.69. The lowest BCUT2D eigenvalue weighted by molar-refractivity contribution is 0.0600. The zero-order chi connectivity index (χ0) is 20.6. The molecule has 29 heavy (non-hydrogen) atoms. The van der Waals surface area contributed by atoms with Gasteiger partial charge in [-0.15, -0.1) is 0 Å². The minimum absolute atomic E-state index is 0.298. The fraction of sp³-hybridized carbons (Fsp3) is 0.105. The number of benzene rings is 1. The molecule has 0 unspecified atom stereocenters. The maximum atomic E-state index is 11.4. The first-order valence-corrected chi connectivity index (χ1v) is 8.88. The summed E-state index contributed by atoms with van der Waals surface area (Å²) in [5.41, 5.74) is 6.92. The Morgan fingerprint density at radius 1 is 1.38 bits per heavy atom. The smallest absolute Gasteiger partial charge is 0.339 e. The van der Waals surface area contributed by atoms with Crippen LogP contribution < -0.4 is 11.1 Å². The molecule has 0 atom stereocenters. The Hall–Kier alpha value is -3.72. The third-order valence-corrected chi connectivity index (χ3v) is 3.88. The third kappa shape index (κ3) is 5.88. The number of carbonyl (C=O) groups excluding carboxylic acids is 1. The zero-order valence-electron chi connectivity index (χ0n) is 15.5. The Kier molecular flexibility index (Phi) is 6.54. The molecule has 3 rings (SSSR count). The molecule has 0 saturated heterocycles. The van der Waals surface area contributed by atoms with E-state index in [1.807, 2.05) is 0 Å². The molecule has 0 radical (unpaired) electrons. The topological polar surface area (TPSA) is 131 Å². The molecular weight excluding hydrogens is 394 g/mol. The molecule has 0 aliphatic heterocycles. The predicted molar refractivity (Wildman–Crippen MR) is 111 cm³/mol. The van der Waals surface area contributed by atoms with Crippen LogP contribution in [0.15, 0.2) is 53.7 Å². The molecule has 0 bridgehead atoms. The van der Waals surface area contributed by atoms with Crippen LogP contribution in [0.25, 0.3) is 6.08 Å². The highest BCUT2D eigenvalue weighted by Gasteiger charge is 2.06. The molecule has 2 heterocycles. The first-order chi connectivity index (χ1) is 14.0. The van der Waals surface area contributed by atoms with E-state index in [-0.39, 0.29) is 0 Å². The third-order valence-electron chi connectivity index (χ3n) is 3.64. The van der Waals surface area contributed by atoms with Gasteiger partial charge in [-0.05, 0) is 42.5 Å². The van der Waals surface area contributed by atoms with Gasteiger partial charge in [0.15, 0.2) is 5.82 Å². The number of hydrogen-bond acceptors (Lipinski definition) is 7. The number of amidine groups is 1. The summed E-state index contributed by atoms with van der Waals surface area (Å²) in [5, 5.41) is 10.6. The molecule has 0 amide bonds. The number of H-pyrrole nitrogens is 1. The van der Waals surface area contributed by atoms with E-state index >= 15 is 0 Å². The molecule has 0 spiro atoms. The summed E-state index contributed by atoms with van der Waals surface area (Å²) in [5.74, 6) is 1.51. The van der Waals surface area contributed by atoms with Crippen LogP contribution in [0.1, 0.15) is 22.0 Å². The van der Waals surface area contributed by atoms with Crippen LogP contribution in [0.5, 0.6) is 0 Å². The van der Waals surface area contributed by atoms with Crippen LogP contribution in [0, 0.1) is 0 Å². The second kappa shape index (κ2) is 9.47. The number of aliphatic imine (C=N–C) groups is 1. The van der Waals surface area contributed by atoms with Gasteiger partial charge in [-0.25, -0.2) is 19.8 Å². The summed E-state index contributed by atoms with van der Waals surface area (Å²) in [6, 6.07) is 10.4. The lowest BCUT2D eigenvalue weighted by Crippen LogP contribution is -2.06. The second-order valence-electron chi connectivity index (χ2n) is 5.77. The van der Waals surface area contributed by atoms with Gasteiger partial charge < -0.3 is 15.8 Å². The number of anilines is 1. The van der Waals surface area contributed by atoms with Gasteiger partial charge in [-0.2, -0.15) is 5.10 Å². The summed E-state index contributed by atoms with van der Waals surface area (Å²) < 4.78 is 4.63. The Morgan fingerprint density at radius 3 is 2.97 bits per heavy atom. The maximum Gasteiger partial charge on any atom is 0.339 e.